The van der Waals surface area contributed by atoms with Gasteiger partial charge in [-0.25, -0.2) is 14.4 Å². The number of nitrogens with zero attached hydrogens (tertiary/aromatic N) is 3. The van der Waals surface area contributed by atoms with Crippen molar-refractivity contribution in [3.05, 3.63) is 101 Å². The molecule has 4 heterocycles. The fraction of sp³-hybridized carbons (Fsp3) is 0.235. The van der Waals surface area contributed by atoms with Crippen molar-refractivity contribution in [2.24, 2.45) is 0 Å². The van der Waals surface area contributed by atoms with Crippen molar-refractivity contribution in [3.63, 3.8) is 0 Å². The number of amides is 2. The van der Waals surface area contributed by atoms with Gasteiger partial charge >= 0.3 is 0 Å². The molecule has 44 heavy (non-hydrogen) atoms. The minimum absolute atomic E-state index is 0.0220. The maximum absolute atomic E-state index is 14.8. The Morgan fingerprint density at radius 1 is 0.955 bits per heavy atom. The molecule has 0 atom stereocenters. The number of aromatic nitrogens is 3. The molecule has 1 saturated heterocycles. The number of hydrogen-bond acceptors (Lipinski definition) is 6. The van der Waals surface area contributed by atoms with E-state index in [0.717, 1.165) is 53.7 Å². The van der Waals surface area contributed by atoms with Crippen LogP contribution in [0.15, 0.2) is 73.1 Å². The number of nitrogens with one attached hydrogen (secondary N) is 3. The molecule has 10 heteroatoms. The van der Waals surface area contributed by atoms with Crippen molar-refractivity contribution >= 4 is 28.7 Å². The van der Waals surface area contributed by atoms with Gasteiger partial charge in [0, 0.05) is 60.8 Å². The summed E-state index contributed by atoms with van der Waals surface area (Å²) in [4.78, 5) is 40.0. The van der Waals surface area contributed by atoms with Gasteiger partial charge in [0.15, 0.2) is 0 Å². The Bertz CT molecular complexity index is 1880. The monoisotopic (exact) mass is 590 g/mol. The maximum atomic E-state index is 14.8. The fourth-order valence-corrected chi connectivity index (χ4v) is 5.83. The van der Waals surface area contributed by atoms with Crippen LogP contribution >= 0.6 is 0 Å². The fourth-order valence-electron chi connectivity index (χ4n) is 5.83. The van der Waals surface area contributed by atoms with Gasteiger partial charge in [0.1, 0.15) is 17.3 Å². The molecule has 3 aromatic heterocycles. The van der Waals surface area contributed by atoms with Gasteiger partial charge in [0.25, 0.3) is 11.8 Å². The lowest BCUT2D eigenvalue weighted by atomic mass is 9.99. The quantitative estimate of drug-likeness (QED) is 0.209. The molecule has 5 aromatic rings. The van der Waals surface area contributed by atoms with E-state index in [4.69, 9.17) is 0 Å². The molecule has 1 saturated carbocycles. The number of hydrogen-bond donors (Lipinski definition) is 4. The van der Waals surface area contributed by atoms with E-state index in [0.29, 0.717) is 41.3 Å². The van der Waals surface area contributed by atoms with Crippen LogP contribution in [0.25, 0.3) is 33.4 Å². The lowest BCUT2D eigenvalue weighted by molar-refractivity contribution is 0.0735. The van der Waals surface area contributed by atoms with E-state index in [-0.39, 0.29) is 17.3 Å². The van der Waals surface area contributed by atoms with Crippen LogP contribution in [0.3, 0.4) is 0 Å². The van der Waals surface area contributed by atoms with Crippen molar-refractivity contribution < 1.29 is 19.1 Å². The first kappa shape index (κ1) is 27.9. The average Bonchev–Trinajstić information content (AvgIpc) is 3.82. The normalized spacial score (nSPS) is 15.0. The molecular weight excluding hydrogens is 559 g/mol. The number of aliphatic hydroxyl groups excluding tert-OH is 1. The maximum Gasteiger partial charge on any atom is 0.259 e. The molecule has 2 aliphatic rings. The Labute approximate surface area is 253 Å². The number of rotatable bonds is 7. The van der Waals surface area contributed by atoms with Gasteiger partial charge in [-0.2, -0.15) is 0 Å². The highest BCUT2D eigenvalue weighted by Crippen LogP contribution is 2.40. The molecule has 1 aliphatic carbocycles. The summed E-state index contributed by atoms with van der Waals surface area (Å²) in [5, 5.41) is 17.2. The number of carbonyl (C=O) groups excluding carboxylic acids is 2. The Balaban J connectivity index is 1.17. The minimum Gasteiger partial charge on any atom is -0.392 e. The van der Waals surface area contributed by atoms with Gasteiger partial charge in [0.05, 0.1) is 12.2 Å². The summed E-state index contributed by atoms with van der Waals surface area (Å²) in [6.45, 7) is 2.58. The van der Waals surface area contributed by atoms with Crippen LogP contribution in [-0.4, -0.2) is 63.0 Å². The van der Waals surface area contributed by atoms with E-state index < -0.39 is 18.3 Å². The molecule has 0 spiro atoms. The second kappa shape index (κ2) is 11.6. The average molecular weight is 591 g/mol. The van der Waals surface area contributed by atoms with Crippen LogP contribution < -0.4 is 10.6 Å². The van der Waals surface area contributed by atoms with Crippen LogP contribution in [0.1, 0.15) is 50.6 Å². The molecule has 7 rings (SSSR count). The van der Waals surface area contributed by atoms with Gasteiger partial charge in [-0.15, -0.1) is 0 Å². The number of pyridine rings is 2. The highest BCUT2D eigenvalue weighted by atomic mass is 19.1. The van der Waals surface area contributed by atoms with Crippen LogP contribution in [0.4, 0.5) is 10.2 Å². The van der Waals surface area contributed by atoms with Crippen molar-refractivity contribution in [3.8, 4) is 22.4 Å². The summed E-state index contributed by atoms with van der Waals surface area (Å²) in [5.74, 6) is -0.657. The summed E-state index contributed by atoms with van der Waals surface area (Å²) in [6, 6.07) is 17.8. The third kappa shape index (κ3) is 5.34. The summed E-state index contributed by atoms with van der Waals surface area (Å²) >= 11 is 0. The zero-order chi connectivity index (χ0) is 30.2. The third-order valence-corrected chi connectivity index (χ3v) is 8.40. The Morgan fingerprint density at radius 2 is 1.70 bits per heavy atom. The predicted molar refractivity (Wildman–Crippen MR) is 166 cm³/mol. The Morgan fingerprint density at radius 3 is 2.43 bits per heavy atom. The van der Waals surface area contributed by atoms with Crippen LogP contribution in [0.5, 0.6) is 0 Å². The second-order valence-electron chi connectivity index (χ2n) is 11.2. The first-order valence-electron chi connectivity index (χ1n) is 14.8. The summed E-state index contributed by atoms with van der Waals surface area (Å²) in [5.41, 5.74) is 5.68. The van der Waals surface area contributed by atoms with E-state index in [1.807, 2.05) is 41.3 Å². The Kier molecular flexibility index (Phi) is 7.37. The lowest BCUT2D eigenvalue weighted by Gasteiger charge is -2.27. The van der Waals surface area contributed by atoms with Crippen molar-refractivity contribution in [1.82, 2.24) is 25.2 Å². The molecule has 1 aliphatic heterocycles. The third-order valence-electron chi connectivity index (χ3n) is 8.40. The van der Waals surface area contributed by atoms with Crippen LogP contribution in [-0.2, 0) is 6.61 Å². The van der Waals surface area contributed by atoms with Crippen LogP contribution in [0.2, 0.25) is 0 Å². The molecule has 2 amide bonds. The number of benzene rings is 2. The number of H-pyrrole nitrogens is 1. The zero-order valence-electron chi connectivity index (χ0n) is 23.9. The molecule has 2 fully saturated rings. The van der Waals surface area contributed by atoms with Gasteiger partial charge < -0.3 is 25.6 Å². The second-order valence-corrected chi connectivity index (χ2v) is 11.2. The van der Waals surface area contributed by atoms with E-state index in [1.165, 1.54) is 12.1 Å². The minimum atomic E-state index is -0.633. The highest BCUT2D eigenvalue weighted by Gasteiger charge is 2.26. The number of carbonyl (C=O) groups is 2. The molecule has 0 unspecified atom stereocenters. The molecule has 0 radical (unpaired) electrons. The highest BCUT2D eigenvalue weighted by molar-refractivity contribution is 6.05. The standard InChI is InChI=1S/C34H31FN6O3/c35-29-17-23(20-1-2-20)7-8-26(29)33(43)40-32-28(19-42)25(10-12-38-32)24-9-11-37-31-27(24)18-30(39-31)21-3-5-22(6-4-21)34(44)41-15-13-36-14-16-41/h3-12,17-18,20,36,42H,1-2,13-16,19H2,(H,37,39)(H,38,40,43). The number of aromatic amines is 1. The van der Waals surface area contributed by atoms with E-state index >= 15 is 0 Å². The number of aliphatic hydroxyl groups is 1. The number of anilines is 1. The van der Waals surface area contributed by atoms with Gasteiger partial charge in [-0.05, 0) is 83.5 Å². The largest absolute Gasteiger partial charge is 0.392 e. The molecule has 4 N–H and O–H groups in total. The predicted octanol–water partition coefficient (Wildman–Crippen LogP) is 5.10. The summed E-state index contributed by atoms with van der Waals surface area (Å²) in [6.07, 6.45) is 5.29. The van der Waals surface area contributed by atoms with E-state index in [9.17, 15) is 19.1 Å². The van der Waals surface area contributed by atoms with Crippen molar-refractivity contribution in [2.45, 2.75) is 25.4 Å². The molecule has 2 aromatic carbocycles. The van der Waals surface area contributed by atoms with Gasteiger partial charge in [-0.3, -0.25) is 9.59 Å². The lowest BCUT2D eigenvalue weighted by Crippen LogP contribution is -2.46. The smallest absolute Gasteiger partial charge is 0.259 e. The SMILES string of the molecule is O=C(Nc1nccc(-c2ccnc3[nH]c(-c4ccc(C(=O)N5CCNCC5)cc4)cc23)c1CO)c1ccc(C2CC2)cc1F. The van der Waals surface area contributed by atoms with Crippen LogP contribution in [0, 0.1) is 5.82 Å². The summed E-state index contributed by atoms with van der Waals surface area (Å²) < 4.78 is 14.8. The molecule has 0 bridgehead atoms. The Hall–Kier alpha value is -4.93. The van der Waals surface area contributed by atoms with Crippen molar-refractivity contribution in [2.75, 3.05) is 31.5 Å². The number of halogens is 1. The number of fused-ring (bicyclic) bond motifs is 1. The molecule has 9 nitrogen and oxygen atoms in total. The molecular formula is C34H31FN6O3. The van der Waals surface area contributed by atoms with E-state index in [1.54, 1.807) is 24.5 Å². The molecule has 222 valence electrons. The first-order chi connectivity index (χ1) is 21.5. The number of piperazine rings is 1. The first-order valence-corrected chi connectivity index (χ1v) is 14.8. The van der Waals surface area contributed by atoms with Gasteiger partial charge in [-0.1, -0.05) is 18.2 Å². The van der Waals surface area contributed by atoms with Gasteiger partial charge in [0.2, 0.25) is 0 Å². The topological polar surface area (TPSA) is 123 Å². The zero-order valence-corrected chi connectivity index (χ0v) is 23.9. The van der Waals surface area contributed by atoms with Crippen molar-refractivity contribution in [1.29, 1.82) is 0 Å². The van der Waals surface area contributed by atoms with E-state index in [2.05, 4.69) is 25.6 Å². The summed E-state index contributed by atoms with van der Waals surface area (Å²) in [7, 11) is 0.